The van der Waals surface area contributed by atoms with Gasteiger partial charge in [0.2, 0.25) is 0 Å². The Morgan fingerprint density at radius 1 is 1.13 bits per heavy atom. The molecule has 0 atom stereocenters. The van der Waals surface area contributed by atoms with E-state index in [-0.39, 0.29) is 0 Å². The molecular weight excluding hydrogens is 402 g/mol. The van der Waals surface area contributed by atoms with Crippen LogP contribution in [0.25, 0.3) is 49.3 Å². The summed E-state index contributed by atoms with van der Waals surface area (Å²) in [5.41, 5.74) is 7.54. The molecule has 5 aromatic rings. The monoisotopic (exact) mass is 423 g/mol. The van der Waals surface area contributed by atoms with Crippen LogP contribution in [0.1, 0.15) is 17.5 Å². The predicted molar refractivity (Wildman–Crippen MR) is 132 cm³/mol. The van der Waals surface area contributed by atoms with Gasteiger partial charge < -0.3 is 4.98 Å². The molecule has 5 rings (SSSR count). The Morgan fingerprint density at radius 3 is 2.81 bits per heavy atom. The third kappa shape index (κ3) is 3.41. The number of pyridine rings is 1. The fourth-order valence-electron chi connectivity index (χ4n) is 3.75. The van der Waals surface area contributed by atoms with Gasteiger partial charge in [-0.1, -0.05) is 24.8 Å². The molecule has 0 bridgehead atoms. The summed E-state index contributed by atoms with van der Waals surface area (Å²) in [6, 6.07) is 16.8. The van der Waals surface area contributed by atoms with Crippen molar-refractivity contribution in [2.45, 2.75) is 13.8 Å². The normalized spacial score (nSPS) is 12.4. The highest BCUT2D eigenvalue weighted by Gasteiger charge is 2.15. The van der Waals surface area contributed by atoms with E-state index in [0.29, 0.717) is 0 Å². The van der Waals surface area contributed by atoms with E-state index in [9.17, 15) is 0 Å². The number of aliphatic imine (C=N–C) groups is 1. The number of fused-ring (bicyclic) bond motifs is 2. The second kappa shape index (κ2) is 7.81. The van der Waals surface area contributed by atoms with Crippen LogP contribution in [0.2, 0.25) is 0 Å². The molecule has 4 aromatic heterocycles. The summed E-state index contributed by atoms with van der Waals surface area (Å²) in [6.45, 7) is 7.75. The van der Waals surface area contributed by atoms with Crippen LogP contribution in [0, 0.1) is 6.92 Å². The van der Waals surface area contributed by atoms with E-state index in [1.54, 1.807) is 17.6 Å². The Labute approximate surface area is 183 Å². The maximum atomic E-state index is 4.88. The van der Waals surface area contributed by atoms with Gasteiger partial charge in [-0.15, -0.1) is 11.3 Å². The van der Waals surface area contributed by atoms with Gasteiger partial charge in [0.05, 0.1) is 16.9 Å². The molecule has 6 heteroatoms. The average Bonchev–Trinajstić information content (AvgIpc) is 3.51. The molecule has 0 saturated carbocycles. The fraction of sp³-hybridized carbons (Fsp3) is 0.0800. The molecule has 5 nitrogen and oxygen atoms in total. The van der Waals surface area contributed by atoms with Gasteiger partial charge in [0.15, 0.2) is 0 Å². The molecular formula is C25H21N5S. The van der Waals surface area contributed by atoms with Gasteiger partial charge >= 0.3 is 0 Å². The van der Waals surface area contributed by atoms with E-state index < -0.39 is 0 Å². The molecule has 0 aliphatic carbocycles. The van der Waals surface area contributed by atoms with Gasteiger partial charge in [0.1, 0.15) is 11.2 Å². The minimum Gasteiger partial charge on any atom is -0.353 e. The predicted octanol–water partition coefficient (Wildman–Crippen LogP) is 6.76. The van der Waals surface area contributed by atoms with E-state index in [0.717, 1.165) is 39.2 Å². The number of thiophene rings is 1. The smallest absolute Gasteiger partial charge is 0.135 e. The summed E-state index contributed by atoms with van der Waals surface area (Å²) in [7, 11) is 0. The molecule has 0 spiro atoms. The van der Waals surface area contributed by atoms with Crippen molar-refractivity contribution in [1.82, 2.24) is 20.2 Å². The first-order valence-corrected chi connectivity index (χ1v) is 10.8. The summed E-state index contributed by atoms with van der Waals surface area (Å²) in [4.78, 5) is 15.1. The van der Waals surface area contributed by atoms with Crippen LogP contribution in [-0.4, -0.2) is 26.4 Å². The minimum atomic E-state index is 0.803. The van der Waals surface area contributed by atoms with E-state index >= 15 is 0 Å². The second-order valence-electron chi connectivity index (χ2n) is 7.23. The van der Waals surface area contributed by atoms with Crippen molar-refractivity contribution in [2.75, 3.05) is 0 Å². The molecule has 4 heterocycles. The topological polar surface area (TPSA) is 69.7 Å². The molecule has 0 amide bonds. The van der Waals surface area contributed by atoms with E-state index in [2.05, 4.69) is 70.1 Å². The number of aromatic amines is 2. The van der Waals surface area contributed by atoms with Crippen LogP contribution in [0.4, 0.5) is 0 Å². The second-order valence-corrected chi connectivity index (χ2v) is 8.52. The number of hydrogen-bond acceptors (Lipinski definition) is 4. The highest BCUT2D eigenvalue weighted by molar-refractivity contribution is 7.15. The van der Waals surface area contributed by atoms with Crippen molar-refractivity contribution in [3.05, 3.63) is 78.0 Å². The maximum Gasteiger partial charge on any atom is 0.135 e. The molecule has 152 valence electrons. The van der Waals surface area contributed by atoms with Crippen molar-refractivity contribution in [1.29, 1.82) is 0 Å². The molecule has 1 aromatic carbocycles. The van der Waals surface area contributed by atoms with Crippen LogP contribution >= 0.6 is 11.3 Å². The Morgan fingerprint density at radius 2 is 2.03 bits per heavy atom. The Balaban J connectivity index is 1.65. The van der Waals surface area contributed by atoms with Crippen molar-refractivity contribution < 1.29 is 0 Å². The minimum absolute atomic E-state index is 0.803. The average molecular weight is 424 g/mol. The lowest BCUT2D eigenvalue weighted by Crippen LogP contribution is -1.91. The van der Waals surface area contributed by atoms with E-state index in [4.69, 9.17) is 4.98 Å². The zero-order valence-corrected chi connectivity index (χ0v) is 18.1. The molecule has 0 saturated heterocycles. The van der Waals surface area contributed by atoms with Gasteiger partial charge in [-0.25, -0.2) is 4.98 Å². The third-order valence-electron chi connectivity index (χ3n) is 5.26. The first-order valence-electron chi connectivity index (χ1n) is 10.0. The molecule has 2 N–H and O–H groups in total. The van der Waals surface area contributed by atoms with Crippen LogP contribution in [-0.2, 0) is 0 Å². The Bertz CT molecular complexity index is 1480. The quantitative estimate of drug-likeness (QED) is 0.307. The summed E-state index contributed by atoms with van der Waals surface area (Å²) in [6.07, 6.45) is 5.26. The Hall–Kier alpha value is -3.77. The maximum absolute atomic E-state index is 4.88. The Kier molecular flexibility index (Phi) is 4.84. The molecule has 0 aliphatic rings. The lowest BCUT2D eigenvalue weighted by molar-refractivity contribution is 1.12. The van der Waals surface area contributed by atoms with Crippen LogP contribution in [0.15, 0.2) is 72.4 Å². The molecule has 31 heavy (non-hydrogen) atoms. The van der Waals surface area contributed by atoms with Crippen LogP contribution in [0.3, 0.4) is 0 Å². The van der Waals surface area contributed by atoms with Crippen molar-refractivity contribution in [3.8, 4) is 21.8 Å². The number of aryl methyl sites for hydroxylation is 1. The highest BCUT2D eigenvalue weighted by atomic mass is 32.1. The summed E-state index contributed by atoms with van der Waals surface area (Å²) in [5, 5.41) is 8.86. The first-order chi connectivity index (χ1) is 15.2. The molecule has 0 unspecified atom stereocenters. The number of allylic oxidation sites excluding steroid dienone is 2. The van der Waals surface area contributed by atoms with Crippen molar-refractivity contribution >= 4 is 45.1 Å². The largest absolute Gasteiger partial charge is 0.353 e. The summed E-state index contributed by atoms with van der Waals surface area (Å²) < 4.78 is 0. The number of nitrogens with one attached hydrogen (secondary N) is 2. The van der Waals surface area contributed by atoms with Gasteiger partial charge in [-0.2, -0.15) is 5.10 Å². The van der Waals surface area contributed by atoms with Crippen molar-refractivity contribution in [2.24, 2.45) is 4.99 Å². The van der Waals surface area contributed by atoms with Gasteiger partial charge in [-0.3, -0.25) is 10.1 Å². The number of rotatable bonds is 5. The molecule has 0 fully saturated rings. The first kappa shape index (κ1) is 19.2. The van der Waals surface area contributed by atoms with E-state index in [1.807, 2.05) is 25.1 Å². The van der Waals surface area contributed by atoms with Crippen LogP contribution in [0.5, 0.6) is 0 Å². The lowest BCUT2D eigenvalue weighted by atomic mass is 10.1. The number of benzene rings is 1. The highest BCUT2D eigenvalue weighted by Crippen LogP contribution is 2.36. The number of nitrogens with zero attached hydrogens (tertiary/aromatic N) is 3. The van der Waals surface area contributed by atoms with E-state index in [1.165, 1.54) is 26.9 Å². The summed E-state index contributed by atoms with van der Waals surface area (Å²) >= 11 is 1.81. The lowest BCUT2D eigenvalue weighted by Gasteiger charge is -2.01. The van der Waals surface area contributed by atoms with Gasteiger partial charge in [0, 0.05) is 44.2 Å². The van der Waals surface area contributed by atoms with Gasteiger partial charge in [0.25, 0.3) is 0 Å². The number of hydrogen-bond donors (Lipinski definition) is 2. The zero-order chi connectivity index (χ0) is 21.4. The third-order valence-corrected chi connectivity index (χ3v) is 6.29. The van der Waals surface area contributed by atoms with Crippen molar-refractivity contribution in [3.63, 3.8) is 0 Å². The van der Waals surface area contributed by atoms with Crippen LogP contribution < -0.4 is 0 Å². The SMILES string of the molecule is C=CN=C/C(=C\C)c1ccc2[nH]nc(-c3cc4c(-c5ccc(C)s5)cccc4[nH]3)c2n1. The van der Waals surface area contributed by atoms with Gasteiger partial charge in [-0.05, 0) is 50.2 Å². The fourth-order valence-corrected chi connectivity index (χ4v) is 4.65. The number of aromatic nitrogens is 4. The molecule has 0 aliphatic heterocycles. The summed E-state index contributed by atoms with van der Waals surface area (Å²) in [5.74, 6) is 0. The number of H-pyrrole nitrogens is 2. The zero-order valence-electron chi connectivity index (χ0n) is 17.3. The standard InChI is InChI=1S/C25H21N5S/c1-4-16(14-26-5-2)19-10-11-21-24(28-19)25(30-29-21)22-13-18-17(7-6-8-20(18)27-22)23-12-9-15(3)31-23/h4-14,27H,2H2,1,3H3,(H,29,30)/b16-4+,26-14?. The molecule has 0 radical (unpaired) electrons.